The Morgan fingerprint density at radius 3 is 2.59 bits per heavy atom. The first-order chi connectivity index (χ1) is 10.3. The summed E-state index contributed by atoms with van der Waals surface area (Å²) in [5.74, 6) is -0.488. The summed E-state index contributed by atoms with van der Waals surface area (Å²) in [6.45, 7) is 3.55. The van der Waals surface area contributed by atoms with E-state index in [0.717, 1.165) is 10.9 Å². The number of hydrogen-bond acceptors (Lipinski definition) is 4. The largest absolute Gasteiger partial charge is 0.342 e. The van der Waals surface area contributed by atoms with E-state index in [4.69, 9.17) is 5.73 Å². The van der Waals surface area contributed by atoms with Crippen LogP contribution in [-0.4, -0.2) is 44.6 Å². The fourth-order valence-electron chi connectivity index (χ4n) is 2.68. The number of hydrogen-bond donors (Lipinski definition) is 1. The van der Waals surface area contributed by atoms with Crippen LogP contribution in [0.4, 0.5) is 0 Å². The van der Waals surface area contributed by atoms with Gasteiger partial charge < -0.3 is 10.6 Å². The van der Waals surface area contributed by atoms with Crippen molar-refractivity contribution in [2.24, 2.45) is 17.6 Å². The molecule has 1 aromatic rings. The van der Waals surface area contributed by atoms with Gasteiger partial charge in [-0.15, -0.1) is 0 Å². The van der Waals surface area contributed by atoms with E-state index < -0.39 is 15.8 Å². The smallest absolute Gasteiger partial charge is 0.226 e. The monoisotopic (exact) mass is 388 g/mol. The number of carbonyl (C=O) groups excluding carboxylic acids is 1. The highest BCUT2D eigenvalue weighted by Gasteiger charge is 2.31. The first-order valence-corrected chi connectivity index (χ1v) is 9.75. The van der Waals surface area contributed by atoms with E-state index in [1.165, 1.54) is 0 Å². The molecule has 2 N–H and O–H groups in total. The highest BCUT2D eigenvalue weighted by Crippen LogP contribution is 2.21. The number of sulfone groups is 1. The van der Waals surface area contributed by atoms with E-state index in [9.17, 15) is 13.2 Å². The van der Waals surface area contributed by atoms with Crippen LogP contribution in [0.25, 0.3) is 0 Å². The minimum Gasteiger partial charge on any atom is -0.342 e. The number of carbonyl (C=O) groups is 1. The third-order valence-corrected chi connectivity index (χ3v) is 6.45. The SMILES string of the molecule is C[C@H](CS(=O)(=O)c1ccc(Br)cc1)C(=O)N1CC[C@@H](CN)C1. The average Bonchev–Trinajstić information content (AvgIpc) is 2.95. The van der Waals surface area contributed by atoms with Gasteiger partial charge in [-0.1, -0.05) is 22.9 Å². The second-order valence-electron chi connectivity index (χ2n) is 5.81. The van der Waals surface area contributed by atoms with Crippen molar-refractivity contribution >= 4 is 31.7 Å². The van der Waals surface area contributed by atoms with Gasteiger partial charge >= 0.3 is 0 Å². The summed E-state index contributed by atoms with van der Waals surface area (Å²) in [7, 11) is -3.46. The molecule has 0 saturated carbocycles. The summed E-state index contributed by atoms with van der Waals surface area (Å²) >= 11 is 3.28. The van der Waals surface area contributed by atoms with Crippen molar-refractivity contribution in [3.8, 4) is 0 Å². The van der Waals surface area contributed by atoms with Crippen LogP contribution in [0, 0.1) is 11.8 Å². The summed E-state index contributed by atoms with van der Waals surface area (Å²) in [6.07, 6.45) is 0.897. The van der Waals surface area contributed by atoms with Crippen LogP contribution in [0.1, 0.15) is 13.3 Å². The number of likely N-dealkylation sites (tertiary alicyclic amines) is 1. The van der Waals surface area contributed by atoms with Crippen LogP contribution < -0.4 is 5.73 Å². The van der Waals surface area contributed by atoms with E-state index in [1.54, 1.807) is 36.1 Å². The Bertz CT molecular complexity index is 631. The molecule has 1 saturated heterocycles. The van der Waals surface area contributed by atoms with E-state index in [2.05, 4.69) is 15.9 Å². The van der Waals surface area contributed by atoms with Crippen molar-refractivity contribution in [3.05, 3.63) is 28.7 Å². The minimum absolute atomic E-state index is 0.100. The summed E-state index contributed by atoms with van der Waals surface area (Å²) in [5.41, 5.74) is 5.62. The average molecular weight is 389 g/mol. The van der Waals surface area contributed by atoms with Gasteiger partial charge in [-0.25, -0.2) is 8.42 Å². The summed E-state index contributed by atoms with van der Waals surface area (Å²) < 4.78 is 25.6. The fourth-order valence-corrected chi connectivity index (χ4v) is 4.48. The maximum Gasteiger partial charge on any atom is 0.226 e. The number of rotatable bonds is 5. The molecule has 0 spiro atoms. The molecule has 0 radical (unpaired) electrons. The van der Waals surface area contributed by atoms with E-state index in [1.807, 2.05) is 0 Å². The molecule has 1 fully saturated rings. The van der Waals surface area contributed by atoms with Crippen molar-refractivity contribution in [1.82, 2.24) is 4.90 Å². The van der Waals surface area contributed by atoms with Crippen LogP contribution in [0.15, 0.2) is 33.6 Å². The number of nitrogens with zero attached hydrogens (tertiary/aromatic N) is 1. The van der Waals surface area contributed by atoms with Crippen LogP contribution in [0.2, 0.25) is 0 Å². The lowest BCUT2D eigenvalue weighted by atomic mass is 10.1. The molecule has 122 valence electrons. The molecule has 2 atom stereocenters. The van der Waals surface area contributed by atoms with Crippen molar-refractivity contribution in [2.45, 2.75) is 18.2 Å². The second kappa shape index (κ2) is 7.10. The molecule has 7 heteroatoms. The molecule has 1 aliphatic heterocycles. The Morgan fingerprint density at radius 2 is 2.05 bits per heavy atom. The lowest BCUT2D eigenvalue weighted by molar-refractivity contribution is -0.133. The topological polar surface area (TPSA) is 80.5 Å². The molecular weight excluding hydrogens is 368 g/mol. The molecule has 1 aromatic carbocycles. The van der Waals surface area contributed by atoms with Gasteiger partial charge in [-0.05, 0) is 43.1 Å². The van der Waals surface area contributed by atoms with Gasteiger partial charge in [0.05, 0.1) is 10.6 Å². The van der Waals surface area contributed by atoms with Gasteiger partial charge in [0.1, 0.15) is 0 Å². The first kappa shape index (κ1) is 17.4. The zero-order valence-electron chi connectivity index (χ0n) is 12.5. The summed E-state index contributed by atoms with van der Waals surface area (Å²) in [4.78, 5) is 14.4. The quantitative estimate of drug-likeness (QED) is 0.831. The molecule has 1 amide bonds. The second-order valence-corrected chi connectivity index (χ2v) is 8.76. The number of benzene rings is 1. The zero-order chi connectivity index (χ0) is 16.3. The molecule has 0 aliphatic carbocycles. The van der Waals surface area contributed by atoms with Gasteiger partial charge in [-0.3, -0.25) is 4.79 Å². The summed E-state index contributed by atoms with van der Waals surface area (Å²) in [6, 6.07) is 6.48. The van der Waals surface area contributed by atoms with Crippen molar-refractivity contribution in [3.63, 3.8) is 0 Å². The molecule has 1 heterocycles. The molecule has 22 heavy (non-hydrogen) atoms. The zero-order valence-corrected chi connectivity index (χ0v) is 14.9. The maximum atomic E-state index is 12.4. The molecule has 1 aliphatic rings. The molecule has 2 rings (SSSR count). The van der Waals surface area contributed by atoms with Crippen LogP contribution in [-0.2, 0) is 14.6 Å². The van der Waals surface area contributed by atoms with Gasteiger partial charge in [0.25, 0.3) is 0 Å². The van der Waals surface area contributed by atoms with Gasteiger partial charge in [-0.2, -0.15) is 0 Å². The summed E-state index contributed by atoms with van der Waals surface area (Å²) in [5, 5.41) is 0. The van der Waals surface area contributed by atoms with Crippen molar-refractivity contribution in [1.29, 1.82) is 0 Å². The maximum absolute atomic E-state index is 12.4. The van der Waals surface area contributed by atoms with Crippen LogP contribution in [0.3, 0.4) is 0 Å². The molecule has 5 nitrogen and oxygen atoms in total. The van der Waals surface area contributed by atoms with Gasteiger partial charge in [0.15, 0.2) is 9.84 Å². The van der Waals surface area contributed by atoms with Crippen LogP contribution >= 0.6 is 15.9 Å². The highest BCUT2D eigenvalue weighted by molar-refractivity contribution is 9.10. The lowest BCUT2D eigenvalue weighted by Gasteiger charge is -2.21. The normalized spacial score (nSPS) is 20.1. The van der Waals surface area contributed by atoms with Crippen molar-refractivity contribution in [2.75, 3.05) is 25.4 Å². The predicted molar refractivity (Wildman–Crippen MR) is 89.1 cm³/mol. The minimum atomic E-state index is -3.46. The third-order valence-electron chi connectivity index (χ3n) is 3.99. The standard InChI is InChI=1S/C15H21BrN2O3S/c1-11(15(19)18-7-6-12(8-17)9-18)10-22(20,21)14-4-2-13(16)3-5-14/h2-5,11-12H,6-10,17H2,1H3/t11-,12+/m1/s1. The third kappa shape index (κ3) is 4.08. The molecular formula is C15H21BrN2O3S. The number of nitrogens with two attached hydrogens (primary N) is 1. The van der Waals surface area contributed by atoms with E-state index in [0.29, 0.717) is 25.6 Å². The molecule has 0 aromatic heterocycles. The molecule has 0 bridgehead atoms. The predicted octanol–water partition coefficient (Wildman–Crippen LogP) is 1.67. The Kier molecular flexibility index (Phi) is 5.63. The Balaban J connectivity index is 2.03. The highest BCUT2D eigenvalue weighted by atomic mass is 79.9. The Hall–Kier alpha value is -0.920. The Labute approximate surface area is 139 Å². The first-order valence-electron chi connectivity index (χ1n) is 7.30. The van der Waals surface area contributed by atoms with Crippen LogP contribution in [0.5, 0.6) is 0 Å². The fraction of sp³-hybridized carbons (Fsp3) is 0.533. The van der Waals surface area contributed by atoms with E-state index >= 15 is 0 Å². The van der Waals surface area contributed by atoms with Gasteiger partial charge in [0, 0.05) is 23.5 Å². The van der Waals surface area contributed by atoms with E-state index in [-0.39, 0.29) is 16.6 Å². The molecule has 0 unspecified atom stereocenters. The van der Waals surface area contributed by atoms with Crippen molar-refractivity contribution < 1.29 is 13.2 Å². The number of amides is 1. The lowest BCUT2D eigenvalue weighted by Crippen LogP contribution is -2.36. The number of halogens is 1. The Morgan fingerprint density at radius 1 is 1.41 bits per heavy atom. The van der Waals surface area contributed by atoms with Gasteiger partial charge in [0.2, 0.25) is 5.91 Å².